The first-order chi connectivity index (χ1) is 6.65. The fraction of sp³-hybridized carbons (Fsp3) is 0.600. The average Bonchev–Trinajstić information content (AvgIpc) is 2.62. The highest BCUT2D eigenvalue weighted by Gasteiger charge is 2.27. The summed E-state index contributed by atoms with van der Waals surface area (Å²) in [4.78, 5) is 2.39. The van der Waals surface area contributed by atoms with Gasteiger partial charge in [0.25, 0.3) is 0 Å². The molecule has 1 aliphatic heterocycles. The van der Waals surface area contributed by atoms with Crippen LogP contribution in [-0.2, 0) is 6.54 Å². The van der Waals surface area contributed by atoms with E-state index >= 15 is 0 Å². The molecule has 1 aliphatic rings. The first-order valence-electron chi connectivity index (χ1n) is 4.74. The Bertz CT molecular complexity index is 303. The van der Waals surface area contributed by atoms with E-state index in [1.807, 2.05) is 6.07 Å². The molecule has 4 heteroatoms. The van der Waals surface area contributed by atoms with E-state index in [2.05, 4.69) is 17.2 Å². The molecule has 1 aromatic rings. The molecular formula is C10H13Cl2NS. The Hall–Kier alpha value is 0.240. The molecule has 1 fully saturated rings. The minimum atomic E-state index is 0.309. The summed E-state index contributed by atoms with van der Waals surface area (Å²) in [6.07, 6.45) is 0. The molecule has 14 heavy (non-hydrogen) atoms. The van der Waals surface area contributed by atoms with Gasteiger partial charge in [-0.05, 0) is 22.9 Å². The summed E-state index contributed by atoms with van der Waals surface area (Å²) < 4.78 is 0.870. The van der Waals surface area contributed by atoms with Gasteiger partial charge >= 0.3 is 0 Å². The van der Waals surface area contributed by atoms with Crippen LogP contribution in [0.1, 0.15) is 12.5 Å². The topological polar surface area (TPSA) is 3.24 Å². The monoisotopic (exact) mass is 249 g/mol. The molecule has 2 unspecified atom stereocenters. The maximum atomic E-state index is 6.16. The van der Waals surface area contributed by atoms with Gasteiger partial charge in [-0.15, -0.1) is 22.9 Å². The van der Waals surface area contributed by atoms with Gasteiger partial charge in [0.1, 0.15) is 0 Å². The van der Waals surface area contributed by atoms with Crippen molar-refractivity contribution in [2.24, 2.45) is 5.92 Å². The Kier molecular flexibility index (Phi) is 3.38. The summed E-state index contributed by atoms with van der Waals surface area (Å²) in [6, 6.07) is 2.04. The zero-order chi connectivity index (χ0) is 10.1. The normalized spacial score (nSPS) is 28.5. The minimum absolute atomic E-state index is 0.309. The molecule has 0 saturated carbocycles. The molecule has 2 atom stereocenters. The lowest BCUT2D eigenvalue weighted by atomic mass is 10.2. The van der Waals surface area contributed by atoms with Gasteiger partial charge in [-0.1, -0.05) is 18.5 Å². The molecular weight excluding hydrogens is 237 g/mol. The molecule has 1 nitrogen and oxygen atoms in total. The SMILES string of the molecule is CC1CN(Cc2csc(Cl)c2)CC1Cl. The summed E-state index contributed by atoms with van der Waals surface area (Å²) >= 11 is 13.6. The van der Waals surface area contributed by atoms with Crippen molar-refractivity contribution in [3.63, 3.8) is 0 Å². The van der Waals surface area contributed by atoms with Gasteiger partial charge < -0.3 is 0 Å². The first-order valence-corrected chi connectivity index (χ1v) is 6.44. The molecule has 78 valence electrons. The third-order valence-corrected chi connectivity index (χ3v) is 4.33. The van der Waals surface area contributed by atoms with Crippen molar-refractivity contribution in [1.29, 1.82) is 0 Å². The van der Waals surface area contributed by atoms with Crippen molar-refractivity contribution in [3.8, 4) is 0 Å². The number of likely N-dealkylation sites (tertiary alicyclic amines) is 1. The molecule has 0 amide bonds. The summed E-state index contributed by atoms with van der Waals surface area (Å²) in [5.41, 5.74) is 1.30. The van der Waals surface area contributed by atoms with E-state index in [9.17, 15) is 0 Å². The van der Waals surface area contributed by atoms with Crippen LogP contribution in [0.4, 0.5) is 0 Å². The molecule has 0 aliphatic carbocycles. The van der Waals surface area contributed by atoms with Gasteiger partial charge in [0.05, 0.1) is 9.71 Å². The van der Waals surface area contributed by atoms with Crippen molar-refractivity contribution in [3.05, 3.63) is 21.3 Å². The van der Waals surface area contributed by atoms with E-state index < -0.39 is 0 Å². The van der Waals surface area contributed by atoms with Crippen molar-refractivity contribution >= 4 is 34.5 Å². The number of hydrogen-bond acceptors (Lipinski definition) is 2. The van der Waals surface area contributed by atoms with E-state index in [4.69, 9.17) is 23.2 Å². The van der Waals surface area contributed by atoms with Crippen LogP contribution in [0.25, 0.3) is 0 Å². The zero-order valence-electron chi connectivity index (χ0n) is 8.04. The van der Waals surface area contributed by atoms with Gasteiger partial charge in [0.15, 0.2) is 0 Å². The van der Waals surface area contributed by atoms with E-state index in [1.165, 1.54) is 5.56 Å². The highest BCUT2D eigenvalue weighted by atomic mass is 35.5. The molecule has 1 saturated heterocycles. The third-order valence-electron chi connectivity index (χ3n) is 2.62. The third kappa shape index (κ3) is 2.43. The zero-order valence-corrected chi connectivity index (χ0v) is 10.4. The van der Waals surface area contributed by atoms with Crippen LogP contribution in [0.15, 0.2) is 11.4 Å². The lowest BCUT2D eigenvalue weighted by Gasteiger charge is -2.13. The number of thiophene rings is 1. The van der Waals surface area contributed by atoms with E-state index in [0.717, 1.165) is 24.0 Å². The van der Waals surface area contributed by atoms with Crippen LogP contribution in [0, 0.1) is 5.92 Å². The Morgan fingerprint density at radius 2 is 2.36 bits per heavy atom. The first kappa shape index (κ1) is 10.7. The second kappa shape index (κ2) is 4.40. The summed E-state index contributed by atoms with van der Waals surface area (Å²) in [5, 5.41) is 2.43. The molecule has 1 aromatic heterocycles. The Morgan fingerprint density at radius 3 is 2.86 bits per heavy atom. The minimum Gasteiger partial charge on any atom is -0.297 e. The second-order valence-corrected chi connectivity index (χ2v) is 6.05. The van der Waals surface area contributed by atoms with Crippen molar-refractivity contribution in [2.75, 3.05) is 13.1 Å². The van der Waals surface area contributed by atoms with Crippen LogP contribution in [0.3, 0.4) is 0 Å². The van der Waals surface area contributed by atoms with Crippen LogP contribution in [0.5, 0.6) is 0 Å². The average molecular weight is 250 g/mol. The number of halogens is 2. The van der Waals surface area contributed by atoms with Crippen LogP contribution < -0.4 is 0 Å². The molecule has 0 spiro atoms. The Balaban J connectivity index is 1.93. The van der Waals surface area contributed by atoms with Gasteiger partial charge in [0, 0.05) is 19.6 Å². The van der Waals surface area contributed by atoms with Gasteiger partial charge in [-0.3, -0.25) is 4.90 Å². The molecule has 0 N–H and O–H groups in total. The number of nitrogens with zero attached hydrogens (tertiary/aromatic N) is 1. The lowest BCUT2D eigenvalue weighted by Crippen LogP contribution is -2.19. The van der Waals surface area contributed by atoms with Crippen LogP contribution >= 0.6 is 34.5 Å². The summed E-state index contributed by atoms with van der Waals surface area (Å²) in [6.45, 7) is 5.28. The Labute approximate surface area is 98.6 Å². The Morgan fingerprint density at radius 1 is 1.57 bits per heavy atom. The molecule has 0 aromatic carbocycles. The largest absolute Gasteiger partial charge is 0.297 e. The molecule has 0 radical (unpaired) electrons. The molecule has 2 heterocycles. The van der Waals surface area contributed by atoms with E-state index in [0.29, 0.717) is 11.3 Å². The lowest BCUT2D eigenvalue weighted by molar-refractivity contribution is 0.321. The standard InChI is InChI=1S/C10H13Cl2NS/c1-7-3-13(5-9(7)11)4-8-2-10(12)14-6-8/h2,6-7,9H,3-5H2,1H3. The number of hydrogen-bond donors (Lipinski definition) is 0. The van der Waals surface area contributed by atoms with E-state index in [1.54, 1.807) is 11.3 Å². The van der Waals surface area contributed by atoms with Crippen LogP contribution in [0.2, 0.25) is 4.34 Å². The number of alkyl halides is 1. The van der Waals surface area contributed by atoms with Crippen molar-refractivity contribution in [2.45, 2.75) is 18.8 Å². The highest BCUT2D eigenvalue weighted by Crippen LogP contribution is 2.25. The molecule has 2 rings (SSSR count). The van der Waals surface area contributed by atoms with Crippen molar-refractivity contribution < 1.29 is 0 Å². The predicted molar refractivity (Wildman–Crippen MR) is 63.4 cm³/mol. The summed E-state index contributed by atoms with van der Waals surface area (Å²) in [7, 11) is 0. The van der Waals surface area contributed by atoms with Crippen molar-refractivity contribution in [1.82, 2.24) is 4.90 Å². The maximum Gasteiger partial charge on any atom is 0.0931 e. The fourth-order valence-corrected chi connectivity index (χ4v) is 3.01. The number of rotatable bonds is 2. The fourth-order valence-electron chi connectivity index (χ4n) is 1.84. The smallest absolute Gasteiger partial charge is 0.0931 e. The van der Waals surface area contributed by atoms with E-state index in [-0.39, 0.29) is 0 Å². The van der Waals surface area contributed by atoms with Gasteiger partial charge in [0.2, 0.25) is 0 Å². The van der Waals surface area contributed by atoms with Crippen LogP contribution in [-0.4, -0.2) is 23.4 Å². The highest BCUT2D eigenvalue weighted by molar-refractivity contribution is 7.14. The molecule has 0 bridgehead atoms. The predicted octanol–water partition coefficient (Wildman–Crippen LogP) is 3.46. The van der Waals surface area contributed by atoms with Gasteiger partial charge in [-0.25, -0.2) is 0 Å². The second-order valence-electron chi connectivity index (χ2n) is 3.95. The summed E-state index contributed by atoms with van der Waals surface area (Å²) in [5.74, 6) is 0.603. The maximum absolute atomic E-state index is 6.16. The quantitative estimate of drug-likeness (QED) is 0.726. The van der Waals surface area contributed by atoms with Gasteiger partial charge in [-0.2, -0.15) is 0 Å².